The Morgan fingerprint density at radius 1 is 0.971 bits per heavy atom. The second kappa shape index (κ2) is 7.63. The van der Waals surface area contributed by atoms with Crippen molar-refractivity contribution in [2.45, 2.75) is 24.8 Å². The number of aromatic hydroxyl groups is 1. The highest BCUT2D eigenvalue weighted by molar-refractivity contribution is 5.96. The average molecular weight is 481 g/mol. The number of halogens is 3. The molecule has 0 fully saturated rings. The Morgan fingerprint density at radius 3 is 2.20 bits per heavy atom. The fraction of sp³-hybridized carbons (Fsp3) is 0.308. The molecule has 1 aliphatic heterocycles. The Morgan fingerprint density at radius 2 is 1.60 bits per heavy atom. The fourth-order valence-electron chi connectivity index (χ4n) is 6.25. The van der Waals surface area contributed by atoms with Gasteiger partial charge in [0.1, 0.15) is 23.8 Å². The predicted molar refractivity (Wildman–Crippen MR) is 122 cm³/mol. The van der Waals surface area contributed by atoms with Gasteiger partial charge in [-0.2, -0.15) is 0 Å². The van der Waals surface area contributed by atoms with Crippen LogP contribution in [-0.4, -0.2) is 40.5 Å². The Bertz CT molecular complexity index is 1380. The van der Waals surface area contributed by atoms with Gasteiger partial charge in [-0.05, 0) is 53.6 Å². The molecule has 1 N–H and O–H groups in total. The highest BCUT2D eigenvalue weighted by Gasteiger charge is 2.59. The van der Waals surface area contributed by atoms with Gasteiger partial charge in [0.25, 0.3) is 5.91 Å². The van der Waals surface area contributed by atoms with E-state index in [9.17, 15) is 19.1 Å². The molecule has 6 rings (SSSR count). The largest absolute Gasteiger partial charge is 0.502 e. The Hall–Kier alpha value is -3.75. The number of carbonyl (C=O) groups is 1. The van der Waals surface area contributed by atoms with Crippen LogP contribution in [0.15, 0.2) is 53.5 Å². The monoisotopic (exact) mass is 481 g/mol. The zero-order valence-electron chi connectivity index (χ0n) is 18.7. The zero-order chi connectivity index (χ0) is 24.5. The number of fused-ring (bicyclic) bond motifs is 6. The summed E-state index contributed by atoms with van der Waals surface area (Å²) < 4.78 is 44.5. The first-order chi connectivity index (χ1) is 16.9. The molecule has 0 spiro atoms. The number of carbonyl (C=O) groups excluding carboxylic acids is 1. The number of amides is 1. The molecule has 2 aliphatic carbocycles. The van der Waals surface area contributed by atoms with E-state index >= 15 is 8.78 Å². The molecule has 3 aromatic rings. The molecule has 2 heterocycles. The second-order valence-corrected chi connectivity index (χ2v) is 9.28. The topological polar surface area (TPSA) is 65.8 Å². The van der Waals surface area contributed by atoms with Gasteiger partial charge < -0.3 is 10.0 Å². The summed E-state index contributed by atoms with van der Waals surface area (Å²) in [5.41, 5.74) is 0.302. The minimum atomic E-state index is -1.07. The predicted octanol–water partition coefficient (Wildman–Crippen LogP) is 3.22. The standard InChI is InChI=1S/C26H22F3N3O3/c27-9-3-10-30-14-32(31-11-8-22(33)24(34)23(31)25(30)35)26-15(12-16-18(26)4-1-6-20(16)28)13-17-19(26)5-2-7-21(17)29/h1-2,4-8,11,15,34H,3,9-10,12-14H2. The normalized spacial score (nSPS) is 22.1. The van der Waals surface area contributed by atoms with Crippen LogP contribution in [0.4, 0.5) is 13.2 Å². The summed E-state index contributed by atoms with van der Waals surface area (Å²) in [5, 5.41) is 12.4. The van der Waals surface area contributed by atoms with Crippen LogP contribution in [0.3, 0.4) is 0 Å². The Labute approximate surface area is 198 Å². The van der Waals surface area contributed by atoms with Crippen LogP contribution in [0.5, 0.6) is 5.75 Å². The molecule has 0 saturated carbocycles. The van der Waals surface area contributed by atoms with Crippen molar-refractivity contribution in [3.05, 3.63) is 98.5 Å². The number of nitrogens with zero attached hydrogens (tertiary/aromatic N) is 3. The number of aromatic nitrogens is 1. The first-order valence-electron chi connectivity index (χ1n) is 11.5. The molecular weight excluding hydrogens is 459 g/mol. The van der Waals surface area contributed by atoms with E-state index in [1.165, 1.54) is 27.9 Å². The van der Waals surface area contributed by atoms with Gasteiger partial charge in [-0.1, -0.05) is 24.3 Å². The van der Waals surface area contributed by atoms with Crippen molar-refractivity contribution in [3.8, 4) is 5.75 Å². The number of pyridine rings is 1. The third-order valence-electron chi connectivity index (χ3n) is 7.63. The lowest BCUT2D eigenvalue weighted by molar-refractivity contribution is 0.0641. The molecule has 35 heavy (non-hydrogen) atoms. The van der Waals surface area contributed by atoms with E-state index < -0.39 is 29.3 Å². The Kier molecular flexibility index (Phi) is 4.74. The van der Waals surface area contributed by atoms with E-state index in [2.05, 4.69) is 0 Å². The lowest BCUT2D eigenvalue weighted by Gasteiger charge is -2.50. The van der Waals surface area contributed by atoms with Gasteiger partial charge in [-0.3, -0.25) is 23.7 Å². The van der Waals surface area contributed by atoms with E-state index in [1.54, 1.807) is 17.1 Å². The summed E-state index contributed by atoms with van der Waals surface area (Å²) in [6.07, 6.45) is 2.19. The minimum Gasteiger partial charge on any atom is -0.502 e. The summed E-state index contributed by atoms with van der Waals surface area (Å²) in [6, 6.07) is 10.8. The van der Waals surface area contributed by atoms with E-state index in [-0.39, 0.29) is 42.9 Å². The number of hydrogen-bond acceptors (Lipinski definition) is 4. The molecule has 2 aromatic carbocycles. The van der Waals surface area contributed by atoms with Crippen LogP contribution in [0.2, 0.25) is 0 Å². The zero-order valence-corrected chi connectivity index (χ0v) is 18.7. The van der Waals surface area contributed by atoms with Crippen molar-refractivity contribution in [2.75, 3.05) is 24.9 Å². The van der Waals surface area contributed by atoms with E-state index in [0.717, 1.165) is 6.07 Å². The maximum Gasteiger partial charge on any atom is 0.277 e. The summed E-state index contributed by atoms with van der Waals surface area (Å²) in [5.74, 6) is -2.31. The van der Waals surface area contributed by atoms with Crippen molar-refractivity contribution in [1.82, 2.24) is 9.58 Å². The SMILES string of the molecule is O=C1c2c(O)c(=O)ccn2N(C23c4cccc(F)c4CC2Cc2c(F)cccc23)CN1CCCF. The Balaban J connectivity index is 1.67. The molecule has 1 aromatic heterocycles. The van der Waals surface area contributed by atoms with Crippen LogP contribution >= 0.6 is 0 Å². The first-order valence-corrected chi connectivity index (χ1v) is 11.5. The second-order valence-electron chi connectivity index (χ2n) is 9.28. The third kappa shape index (κ3) is 2.78. The molecule has 9 heteroatoms. The summed E-state index contributed by atoms with van der Waals surface area (Å²) in [4.78, 5) is 26.9. The maximum absolute atomic E-state index is 15.0. The molecule has 0 radical (unpaired) electrons. The van der Waals surface area contributed by atoms with Gasteiger partial charge in [0.2, 0.25) is 5.43 Å². The lowest BCUT2D eigenvalue weighted by Crippen LogP contribution is -2.63. The van der Waals surface area contributed by atoms with Crippen LogP contribution in [0.25, 0.3) is 0 Å². The van der Waals surface area contributed by atoms with E-state index in [1.807, 2.05) is 12.1 Å². The van der Waals surface area contributed by atoms with Gasteiger partial charge in [0.15, 0.2) is 11.4 Å². The van der Waals surface area contributed by atoms with E-state index in [4.69, 9.17) is 0 Å². The highest BCUT2D eigenvalue weighted by Crippen LogP contribution is 2.57. The molecular formula is C26H22F3N3O3. The van der Waals surface area contributed by atoms with Gasteiger partial charge >= 0.3 is 0 Å². The van der Waals surface area contributed by atoms with Crippen molar-refractivity contribution in [3.63, 3.8) is 0 Å². The van der Waals surface area contributed by atoms with Gasteiger partial charge in [-0.15, -0.1) is 0 Å². The van der Waals surface area contributed by atoms with E-state index in [0.29, 0.717) is 35.1 Å². The van der Waals surface area contributed by atoms with Gasteiger partial charge in [0, 0.05) is 24.7 Å². The van der Waals surface area contributed by atoms with Crippen LogP contribution in [-0.2, 0) is 18.4 Å². The quantitative estimate of drug-likeness (QED) is 0.622. The molecule has 3 aliphatic rings. The fourth-order valence-corrected chi connectivity index (χ4v) is 6.25. The van der Waals surface area contributed by atoms with Crippen LogP contribution < -0.4 is 10.4 Å². The first kappa shape index (κ1) is 21.8. The van der Waals surface area contributed by atoms with Gasteiger partial charge in [0.05, 0.1) is 6.67 Å². The summed E-state index contributed by atoms with van der Waals surface area (Å²) in [6.45, 7) is -0.606. The molecule has 180 valence electrons. The minimum absolute atomic E-state index is 0.0173. The molecule has 0 atom stereocenters. The number of rotatable bonds is 4. The molecule has 1 amide bonds. The third-order valence-corrected chi connectivity index (χ3v) is 7.63. The van der Waals surface area contributed by atoms with Crippen LogP contribution in [0.1, 0.15) is 39.2 Å². The smallest absolute Gasteiger partial charge is 0.277 e. The maximum atomic E-state index is 15.0. The highest BCUT2D eigenvalue weighted by atomic mass is 19.1. The number of hydrogen-bond donors (Lipinski definition) is 1. The van der Waals surface area contributed by atoms with Gasteiger partial charge in [-0.25, -0.2) is 8.78 Å². The molecule has 0 bridgehead atoms. The summed E-state index contributed by atoms with van der Waals surface area (Å²) in [7, 11) is 0. The van der Waals surface area contributed by atoms with Crippen molar-refractivity contribution >= 4 is 5.91 Å². The van der Waals surface area contributed by atoms with Crippen molar-refractivity contribution < 1.29 is 23.1 Å². The number of benzene rings is 2. The van der Waals surface area contributed by atoms with Crippen molar-refractivity contribution in [1.29, 1.82) is 0 Å². The molecule has 0 unspecified atom stereocenters. The summed E-state index contributed by atoms with van der Waals surface area (Å²) >= 11 is 0. The lowest BCUT2D eigenvalue weighted by atomic mass is 9.81. The molecule has 0 saturated heterocycles. The molecule has 6 nitrogen and oxygen atoms in total. The number of alkyl halides is 1. The van der Waals surface area contributed by atoms with Crippen molar-refractivity contribution in [2.24, 2.45) is 5.92 Å². The average Bonchev–Trinajstić information content (AvgIpc) is 3.35. The van der Waals surface area contributed by atoms with Crippen LogP contribution in [0, 0.1) is 17.6 Å².